The first-order valence-corrected chi connectivity index (χ1v) is 9.16. The predicted molar refractivity (Wildman–Crippen MR) is 111 cm³/mol. The van der Waals surface area contributed by atoms with E-state index in [4.69, 9.17) is 4.42 Å². The van der Waals surface area contributed by atoms with Crippen molar-refractivity contribution in [2.45, 2.75) is 6.92 Å². The zero-order valence-corrected chi connectivity index (χ0v) is 16.2. The van der Waals surface area contributed by atoms with Crippen LogP contribution in [-0.2, 0) is 9.59 Å². The Morgan fingerprint density at radius 2 is 1.77 bits per heavy atom. The number of nitrogens with one attached hydrogen (secondary N) is 1. The van der Waals surface area contributed by atoms with Gasteiger partial charge < -0.3 is 4.42 Å². The number of furan rings is 1. The number of imide groups is 2. The summed E-state index contributed by atoms with van der Waals surface area (Å²) < 4.78 is 5.65. The van der Waals surface area contributed by atoms with E-state index in [1.165, 1.54) is 30.3 Å². The molecule has 1 fully saturated rings. The highest BCUT2D eigenvalue weighted by molar-refractivity contribution is 6.39. The SMILES string of the molecule is Cc1ccc(N2C(=O)NC(=O)/C(=C\c3ccc(-c4cccc([N+](=O)[O-])c4)o3)C2=O)cc1. The molecular formula is C22H15N3O6. The Morgan fingerprint density at radius 3 is 2.48 bits per heavy atom. The van der Waals surface area contributed by atoms with Gasteiger partial charge in [0.05, 0.1) is 10.6 Å². The molecule has 2 aromatic carbocycles. The number of nitrogens with zero attached hydrogens (tertiary/aromatic N) is 2. The lowest BCUT2D eigenvalue weighted by molar-refractivity contribution is -0.384. The van der Waals surface area contributed by atoms with Crippen LogP contribution in [0.3, 0.4) is 0 Å². The second-order valence-corrected chi connectivity index (χ2v) is 6.80. The van der Waals surface area contributed by atoms with Gasteiger partial charge in [0.2, 0.25) is 0 Å². The monoisotopic (exact) mass is 417 g/mol. The molecule has 31 heavy (non-hydrogen) atoms. The van der Waals surface area contributed by atoms with Crippen LogP contribution in [0.25, 0.3) is 17.4 Å². The van der Waals surface area contributed by atoms with Crippen LogP contribution in [0.15, 0.2) is 70.7 Å². The molecule has 9 heteroatoms. The minimum atomic E-state index is -0.841. The molecule has 1 aliphatic heterocycles. The number of benzene rings is 2. The first-order chi connectivity index (χ1) is 14.8. The van der Waals surface area contributed by atoms with E-state index in [-0.39, 0.29) is 17.0 Å². The number of non-ortho nitro benzene ring substituents is 1. The third-order valence-corrected chi connectivity index (χ3v) is 4.65. The Morgan fingerprint density at radius 1 is 1.03 bits per heavy atom. The van der Waals surface area contributed by atoms with E-state index in [1.54, 1.807) is 36.4 Å². The van der Waals surface area contributed by atoms with Gasteiger partial charge in [0.1, 0.15) is 17.1 Å². The van der Waals surface area contributed by atoms with Crippen molar-refractivity contribution in [1.29, 1.82) is 0 Å². The molecule has 0 atom stereocenters. The van der Waals surface area contributed by atoms with E-state index in [1.807, 2.05) is 6.92 Å². The number of nitro groups is 1. The van der Waals surface area contributed by atoms with E-state index >= 15 is 0 Å². The van der Waals surface area contributed by atoms with Gasteiger partial charge in [-0.2, -0.15) is 0 Å². The third kappa shape index (κ3) is 3.84. The summed E-state index contributed by atoms with van der Waals surface area (Å²) in [5, 5.41) is 13.1. The van der Waals surface area contributed by atoms with Crippen molar-refractivity contribution in [2.75, 3.05) is 4.90 Å². The number of barbiturate groups is 1. The summed E-state index contributed by atoms with van der Waals surface area (Å²) >= 11 is 0. The van der Waals surface area contributed by atoms with Crippen LogP contribution in [0.5, 0.6) is 0 Å². The normalized spacial score (nSPS) is 15.3. The summed E-state index contributed by atoms with van der Waals surface area (Å²) in [7, 11) is 0. The molecule has 9 nitrogen and oxygen atoms in total. The first kappa shape index (κ1) is 19.8. The fourth-order valence-corrected chi connectivity index (χ4v) is 3.09. The Kier molecular flexibility index (Phi) is 4.92. The molecule has 0 radical (unpaired) electrons. The lowest BCUT2D eigenvalue weighted by atomic mass is 10.1. The summed E-state index contributed by atoms with van der Waals surface area (Å²) in [5.74, 6) is -1.12. The summed E-state index contributed by atoms with van der Waals surface area (Å²) in [6, 6.07) is 14.8. The smallest absolute Gasteiger partial charge is 0.335 e. The van der Waals surface area contributed by atoms with Crippen molar-refractivity contribution in [3.05, 3.63) is 87.7 Å². The Bertz CT molecular complexity index is 1260. The number of rotatable bonds is 4. The summed E-state index contributed by atoms with van der Waals surface area (Å²) in [5.41, 5.74) is 1.37. The van der Waals surface area contributed by atoms with E-state index in [2.05, 4.69) is 5.32 Å². The highest BCUT2D eigenvalue weighted by atomic mass is 16.6. The van der Waals surface area contributed by atoms with Crippen LogP contribution in [0.1, 0.15) is 11.3 Å². The fraction of sp³-hybridized carbons (Fsp3) is 0.0455. The molecule has 1 aliphatic rings. The molecule has 2 heterocycles. The highest BCUT2D eigenvalue weighted by Gasteiger charge is 2.37. The van der Waals surface area contributed by atoms with Crippen LogP contribution in [0.4, 0.5) is 16.2 Å². The number of anilines is 1. The van der Waals surface area contributed by atoms with Crippen LogP contribution in [-0.4, -0.2) is 22.8 Å². The first-order valence-electron chi connectivity index (χ1n) is 9.16. The molecule has 0 bridgehead atoms. The van der Waals surface area contributed by atoms with Crippen molar-refractivity contribution in [2.24, 2.45) is 0 Å². The topological polar surface area (TPSA) is 123 Å². The lowest BCUT2D eigenvalue weighted by Gasteiger charge is -2.26. The van der Waals surface area contributed by atoms with E-state index in [0.717, 1.165) is 10.5 Å². The molecule has 154 valence electrons. The molecule has 0 spiro atoms. The van der Waals surface area contributed by atoms with E-state index in [9.17, 15) is 24.5 Å². The number of carbonyl (C=O) groups is 3. The van der Waals surface area contributed by atoms with Gasteiger partial charge in [-0.1, -0.05) is 29.8 Å². The average molecular weight is 417 g/mol. The maximum atomic E-state index is 12.9. The van der Waals surface area contributed by atoms with Gasteiger partial charge in [-0.05, 0) is 37.3 Å². The molecule has 4 rings (SSSR count). The average Bonchev–Trinajstić information content (AvgIpc) is 3.21. The maximum absolute atomic E-state index is 12.9. The lowest BCUT2D eigenvalue weighted by Crippen LogP contribution is -2.54. The number of carbonyl (C=O) groups excluding carboxylic acids is 3. The summed E-state index contributed by atoms with van der Waals surface area (Å²) in [6.07, 6.45) is 1.23. The minimum Gasteiger partial charge on any atom is -0.457 e. The van der Waals surface area contributed by atoms with Gasteiger partial charge in [0, 0.05) is 17.7 Å². The molecule has 0 saturated carbocycles. The molecule has 0 unspecified atom stereocenters. The van der Waals surface area contributed by atoms with Crippen LogP contribution >= 0.6 is 0 Å². The second kappa shape index (κ2) is 7.71. The Balaban J connectivity index is 1.66. The van der Waals surface area contributed by atoms with Crippen molar-refractivity contribution < 1.29 is 23.7 Å². The molecule has 4 amide bonds. The van der Waals surface area contributed by atoms with Gasteiger partial charge in [-0.15, -0.1) is 0 Å². The number of hydrogen-bond donors (Lipinski definition) is 1. The van der Waals surface area contributed by atoms with Crippen molar-refractivity contribution >= 4 is 35.3 Å². The number of urea groups is 1. The van der Waals surface area contributed by atoms with Gasteiger partial charge in [0.15, 0.2) is 0 Å². The largest absolute Gasteiger partial charge is 0.457 e. The standard InChI is InChI=1S/C22H15N3O6/c1-13-5-7-15(8-6-13)24-21(27)18(20(26)23-22(24)28)12-17-9-10-19(31-17)14-3-2-4-16(11-14)25(29)30/h2-12H,1H3,(H,23,26,28)/b18-12+. The molecule has 0 aliphatic carbocycles. The second-order valence-electron chi connectivity index (χ2n) is 6.80. The van der Waals surface area contributed by atoms with Crippen molar-refractivity contribution in [3.8, 4) is 11.3 Å². The predicted octanol–water partition coefficient (Wildman–Crippen LogP) is 3.83. The highest BCUT2D eigenvalue weighted by Crippen LogP contribution is 2.28. The minimum absolute atomic E-state index is 0.0945. The van der Waals surface area contributed by atoms with Gasteiger partial charge in [-0.25, -0.2) is 9.69 Å². The zero-order chi connectivity index (χ0) is 22.1. The third-order valence-electron chi connectivity index (χ3n) is 4.65. The number of aryl methyl sites for hydroxylation is 1. The van der Waals surface area contributed by atoms with Crippen molar-refractivity contribution in [3.63, 3.8) is 0 Å². The fourth-order valence-electron chi connectivity index (χ4n) is 3.09. The molecule has 1 N–H and O–H groups in total. The zero-order valence-electron chi connectivity index (χ0n) is 16.2. The quantitative estimate of drug-likeness (QED) is 0.298. The van der Waals surface area contributed by atoms with Crippen molar-refractivity contribution in [1.82, 2.24) is 5.32 Å². The summed E-state index contributed by atoms with van der Waals surface area (Å²) in [4.78, 5) is 48.7. The van der Waals surface area contributed by atoms with Crippen LogP contribution in [0, 0.1) is 17.0 Å². The number of nitro benzene ring substituents is 1. The van der Waals surface area contributed by atoms with Gasteiger partial charge in [-0.3, -0.25) is 25.0 Å². The number of amides is 4. The molecule has 3 aromatic rings. The van der Waals surface area contributed by atoms with Crippen LogP contribution < -0.4 is 10.2 Å². The number of hydrogen-bond acceptors (Lipinski definition) is 6. The Labute approximate surface area is 175 Å². The molecule has 1 saturated heterocycles. The van der Waals surface area contributed by atoms with Gasteiger partial charge >= 0.3 is 6.03 Å². The maximum Gasteiger partial charge on any atom is 0.335 e. The van der Waals surface area contributed by atoms with Gasteiger partial charge in [0.25, 0.3) is 17.5 Å². The summed E-state index contributed by atoms with van der Waals surface area (Å²) in [6.45, 7) is 1.87. The molecular weight excluding hydrogens is 402 g/mol. The van der Waals surface area contributed by atoms with E-state index in [0.29, 0.717) is 17.0 Å². The molecule has 1 aromatic heterocycles. The van der Waals surface area contributed by atoms with E-state index < -0.39 is 22.8 Å². The van der Waals surface area contributed by atoms with Crippen LogP contribution in [0.2, 0.25) is 0 Å². The Hall–Kier alpha value is -4.53.